The molecule has 0 atom stereocenters. The molecule has 0 aliphatic carbocycles. The molecule has 166 valence electrons. The van der Waals surface area contributed by atoms with E-state index in [-0.39, 0.29) is 11.7 Å². The second-order valence-corrected chi connectivity index (χ2v) is 6.97. The summed E-state index contributed by atoms with van der Waals surface area (Å²) in [5, 5.41) is 9.12. The number of hydrogen-bond donors (Lipinski definition) is 3. The van der Waals surface area contributed by atoms with Gasteiger partial charge in [0.2, 0.25) is 5.91 Å². The number of aliphatic imine (C=N–C) groups is 1. The lowest BCUT2D eigenvalue weighted by Crippen LogP contribution is -2.47. The van der Waals surface area contributed by atoms with Gasteiger partial charge in [0.1, 0.15) is 5.75 Å². The molecule has 2 aromatic rings. The number of piperazine rings is 1. The van der Waals surface area contributed by atoms with Gasteiger partial charge in [-0.1, -0.05) is 30.3 Å². The minimum atomic E-state index is -2.87. The van der Waals surface area contributed by atoms with Crippen molar-refractivity contribution in [2.45, 2.75) is 26.6 Å². The van der Waals surface area contributed by atoms with Crippen LogP contribution in [0.25, 0.3) is 0 Å². The van der Waals surface area contributed by atoms with Crippen molar-refractivity contribution < 1.29 is 18.3 Å². The molecule has 1 fully saturated rings. The van der Waals surface area contributed by atoms with Crippen LogP contribution in [0.1, 0.15) is 18.1 Å². The average Bonchev–Trinajstić information content (AvgIpc) is 2.76. The number of rotatable bonds is 8. The Hall–Kier alpha value is -3.36. The van der Waals surface area contributed by atoms with Crippen molar-refractivity contribution in [2.24, 2.45) is 4.99 Å². The minimum absolute atomic E-state index is 0.0295. The minimum Gasteiger partial charge on any atom is -0.434 e. The Kier molecular flexibility index (Phi) is 8.03. The van der Waals surface area contributed by atoms with Crippen molar-refractivity contribution in [1.29, 1.82) is 0 Å². The third kappa shape index (κ3) is 6.84. The van der Waals surface area contributed by atoms with Gasteiger partial charge < -0.3 is 25.6 Å². The zero-order chi connectivity index (χ0) is 22.1. The summed E-state index contributed by atoms with van der Waals surface area (Å²) < 4.78 is 29.8. The molecule has 3 rings (SSSR count). The van der Waals surface area contributed by atoms with E-state index in [0.717, 1.165) is 17.8 Å². The Balaban J connectivity index is 1.60. The summed E-state index contributed by atoms with van der Waals surface area (Å²) >= 11 is 0. The van der Waals surface area contributed by atoms with Crippen LogP contribution in [0.2, 0.25) is 0 Å². The molecule has 7 nitrogen and oxygen atoms in total. The third-order valence-corrected chi connectivity index (χ3v) is 4.74. The van der Waals surface area contributed by atoms with Gasteiger partial charge in [0.25, 0.3) is 0 Å². The summed E-state index contributed by atoms with van der Waals surface area (Å²) in [6.07, 6.45) is 0. The standard InChI is InChI=1S/C22H27F2N5O2/c1-2-25-22(28-14-17-5-3-4-6-19(17)31-21(23)24)27-13-16-7-9-18(10-8-16)29-12-11-26-20(30)15-29/h3-10,21H,2,11-15H2,1H3,(H,26,30)(H2,25,27,28). The molecule has 2 aromatic carbocycles. The summed E-state index contributed by atoms with van der Waals surface area (Å²) in [6, 6.07) is 14.6. The first-order valence-electron chi connectivity index (χ1n) is 10.2. The SMILES string of the molecule is CCNC(=NCc1ccc(N2CCNC(=O)C2)cc1)NCc1ccccc1OC(F)F. The van der Waals surface area contributed by atoms with E-state index in [0.29, 0.717) is 44.2 Å². The highest BCUT2D eigenvalue weighted by Gasteiger charge is 2.16. The summed E-state index contributed by atoms with van der Waals surface area (Å²) in [5.74, 6) is 0.746. The molecule has 0 spiro atoms. The molecule has 0 saturated carbocycles. The van der Waals surface area contributed by atoms with E-state index in [9.17, 15) is 13.6 Å². The van der Waals surface area contributed by atoms with E-state index in [1.54, 1.807) is 18.2 Å². The molecule has 1 amide bonds. The highest BCUT2D eigenvalue weighted by Crippen LogP contribution is 2.20. The van der Waals surface area contributed by atoms with Gasteiger partial charge in [-0.25, -0.2) is 4.99 Å². The van der Waals surface area contributed by atoms with Crippen LogP contribution in [-0.4, -0.2) is 44.7 Å². The Morgan fingerprint density at radius 1 is 1.19 bits per heavy atom. The predicted octanol–water partition coefficient (Wildman–Crippen LogP) is 2.48. The van der Waals surface area contributed by atoms with Crippen LogP contribution in [-0.2, 0) is 17.9 Å². The first-order chi connectivity index (χ1) is 15.0. The zero-order valence-corrected chi connectivity index (χ0v) is 17.4. The molecule has 1 heterocycles. The molecular weight excluding hydrogens is 404 g/mol. The van der Waals surface area contributed by atoms with Gasteiger partial charge in [0.05, 0.1) is 13.1 Å². The largest absolute Gasteiger partial charge is 0.434 e. The number of hydrogen-bond acceptors (Lipinski definition) is 4. The van der Waals surface area contributed by atoms with Crippen LogP contribution in [0.4, 0.5) is 14.5 Å². The first kappa shape index (κ1) is 22.3. The number of halogens is 2. The monoisotopic (exact) mass is 431 g/mol. The van der Waals surface area contributed by atoms with Crippen LogP contribution >= 0.6 is 0 Å². The summed E-state index contributed by atoms with van der Waals surface area (Å²) in [6.45, 7) is 2.29. The van der Waals surface area contributed by atoms with Gasteiger partial charge in [-0.3, -0.25) is 4.79 Å². The number of anilines is 1. The fraction of sp³-hybridized carbons (Fsp3) is 0.364. The number of amides is 1. The third-order valence-electron chi connectivity index (χ3n) is 4.74. The van der Waals surface area contributed by atoms with Gasteiger partial charge in [-0.2, -0.15) is 8.78 Å². The van der Waals surface area contributed by atoms with Crippen molar-refractivity contribution in [3.05, 3.63) is 59.7 Å². The van der Waals surface area contributed by atoms with Crippen LogP contribution in [0, 0.1) is 0 Å². The van der Waals surface area contributed by atoms with E-state index < -0.39 is 6.61 Å². The van der Waals surface area contributed by atoms with Crippen molar-refractivity contribution in [3.8, 4) is 5.75 Å². The smallest absolute Gasteiger partial charge is 0.387 e. The van der Waals surface area contributed by atoms with Crippen LogP contribution in [0.3, 0.4) is 0 Å². The number of ether oxygens (including phenoxy) is 1. The highest BCUT2D eigenvalue weighted by molar-refractivity contribution is 5.82. The van der Waals surface area contributed by atoms with Crippen molar-refractivity contribution in [1.82, 2.24) is 16.0 Å². The fourth-order valence-corrected chi connectivity index (χ4v) is 3.22. The number of carbonyl (C=O) groups excluding carboxylic acids is 1. The molecule has 0 bridgehead atoms. The molecule has 1 aliphatic rings. The summed E-state index contributed by atoms with van der Waals surface area (Å²) in [5.41, 5.74) is 2.63. The van der Waals surface area contributed by atoms with Crippen LogP contribution in [0.15, 0.2) is 53.5 Å². The average molecular weight is 431 g/mol. The molecule has 0 aromatic heterocycles. The lowest BCUT2D eigenvalue weighted by Gasteiger charge is -2.28. The lowest BCUT2D eigenvalue weighted by molar-refractivity contribution is -0.120. The maximum Gasteiger partial charge on any atom is 0.387 e. The van der Waals surface area contributed by atoms with E-state index in [1.165, 1.54) is 6.07 Å². The maximum absolute atomic E-state index is 12.6. The van der Waals surface area contributed by atoms with Gasteiger partial charge in [0.15, 0.2) is 5.96 Å². The van der Waals surface area contributed by atoms with E-state index >= 15 is 0 Å². The number of guanidine groups is 1. The topological polar surface area (TPSA) is 78.0 Å². The van der Waals surface area contributed by atoms with Gasteiger partial charge in [0, 0.05) is 37.4 Å². The fourth-order valence-electron chi connectivity index (χ4n) is 3.22. The molecular formula is C22H27F2N5O2. The number of para-hydroxylation sites is 1. The Morgan fingerprint density at radius 2 is 1.97 bits per heavy atom. The number of carbonyl (C=O) groups is 1. The number of alkyl halides is 2. The highest BCUT2D eigenvalue weighted by atomic mass is 19.3. The second kappa shape index (κ2) is 11.1. The maximum atomic E-state index is 12.6. The summed E-state index contributed by atoms with van der Waals surface area (Å²) in [4.78, 5) is 18.2. The number of nitrogens with zero attached hydrogens (tertiary/aromatic N) is 2. The molecule has 1 saturated heterocycles. The van der Waals surface area contributed by atoms with Gasteiger partial charge >= 0.3 is 6.61 Å². The zero-order valence-electron chi connectivity index (χ0n) is 17.4. The second-order valence-electron chi connectivity index (χ2n) is 6.97. The Labute approximate surface area is 180 Å². The number of benzene rings is 2. The van der Waals surface area contributed by atoms with Crippen LogP contribution < -0.4 is 25.6 Å². The normalized spacial score (nSPS) is 14.4. The first-order valence-corrected chi connectivity index (χ1v) is 10.2. The van der Waals surface area contributed by atoms with Crippen LogP contribution in [0.5, 0.6) is 5.75 Å². The predicted molar refractivity (Wildman–Crippen MR) is 116 cm³/mol. The van der Waals surface area contributed by atoms with Crippen molar-refractivity contribution >= 4 is 17.6 Å². The molecule has 31 heavy (non-hydrogen) atoms. The van der Waals surface area contributed by atoms with Crippen molar-refractivity contribution in [3.63, 3.8) is 0 Å². The lowest BCUT2D eigenvalue weighted by atomic mass is 10.2. The van der Waals surface area contributed by atoms with E-state index in [2.05, 4.69) is 25.7 Å². The summed E-state index contributed by atoms with van der Waals surface area (Å²) in [7, 11) is 0. The molecule has 1 aliphatic heterocycles. The number of nitrogens with one attached hydrogen (secondary N) is 3. The van der Waals surface area contributed by atoms with Crippen molar-refractivity contribution in [2.75, 3.05) is 31.1 Å². The molecule has 9 heteroatoms. The van der Waals surface area contributed by atoms with E-state index in [1.807, 2.05) is 36.1 Å². The Bertz CT molecular complexity index is 890. The van der Waals surface area contributed by atoms with Gasteiger partial charge in [-0.05, 0) is 30.7 Å². The molecule has 0 unspecified atom stereocenters. The van der Waals surface area contributed by atoms with Gasteiger partial charge in [-0.15, -0.1) is 0 Å². The Morgan fingerprint density at radius 3 is 2.68 bits per heavy atom. The molecule has 0 radical (unpaired) electrons. The van der Waals surface area contributed by atoms with E-state index in [4.69, 9.17) is 0 Å². The molecule has 3 N–H and O–H groups in total. The quantitative estimate of drug-likeness (QED) is 0.442.